The lowest BCUT2D eigenvalue weighted by Crippen LogP contribution is -2.13. The van der Waals surface area contributed by atoms with E-state index in [0.29, 0.717) is 0 Å². The monoisotopic (exact) mass is 734 g/mol. The van der Waals surface area contributed by atoms with Crippen LogP contribution in [0.5, 0.6) is 0 Å². The van der Waals surface area contributed by atoms with Gasteiger partial charge in [-0.15, -0.1) is 11.3 Å². The standard InChI is InChI=1S/C52H34N2OS/c1-4-15-35(16-5-1)36-19-14-24-41(31-36)53(39-20-6-2-7-21-39)46-29-30-47(52-51(46)45-32-37-17-10-11-18-38(37)33-50(45)56-52)54(40-22-8-3-9-23-40)42-27-28-44-43-25-12-13-26-48(43)55-49(44)34-42/h1-34H. The summed E-state index contributed by atoms with van der Waals surface area (Å²) in [7, 11) is 0. The van der Waals surface area contributed by atoms with E-state index in [1.54, 1.807) is 0 Å². The van der Waals surface area contributed by atoms with Crippen molar-refractivity contribution >= 4 is 98.3 Å². The molecule has 0 aliphatic carbocycles. The number of thiophene rings is 1. The van der Waals surface area contributed by atoms with Crippen LogP contribution < -0.4 is 9.80 Å². The van der Waals surface area contributed by atoms with Gasteiger partial charge in [-0.3, -0.25) is 0 Å². The second kappa shape index (κ2) is 13.3. The molecule has 4 heteroatoms. The van der Waals surface area contributed by atoms with Crippen LogP contribution >= 0.6 is 11.3 Å². The summed E-state index contributed by atoms with van der Waals surface area (Å²) in [6, 6.07) is 73.9. The highest BCUT2D eigenvalue weighted by atomic mass is 32.1. The summed E-state index contributed by atoms with van der Waals surface area (Å²) < 4.78 is 8.91. The zero-order valence-electron chi connectivity index (χ0n) is 30.3. The van der Waals surface area contributed by atoms with Crippen molar-refractivity contribution in [3.8, 4) is 11.1 Å². The van der Waals surface area contributed by atoms with E-state index in [4.69, 9.17) is 4.42 Å². The fourth-order valence-corrected chi connectivity index (χ4v) is 9.47. The van der Waals surface area contributed by atoms with Gasteiger partial charge in [0.25, 0.3) is 0 Å². The minimum Gasteiger partial charge on any atom is -0.456 e. The predicted octanol–water partition coefficient (Wildman–Crippen LogP) is 15.7. The highest BCUT2D eigenvalue weighted by molar-refractivity contribution is 7.26. The minimum absolute atomic E-state index is 0.869. The first-order chi connectivity index (χ1) is 27.8. The summed E-state index contributed by atoms with van der Waals surface area (Å²) in [5.74, 6) is 0. The van der Waals surface area contributed by atoms with E-state index < -0.39 is 0 Å². The second-order valence-electron chi connectivity index (χ2n) is 14.1. The lowest BCUT2D eigenvalue weighted by atomic mass is 10.0. The second-order valence-corrected chi connectivity index (χ2v) is 15.2. The number of hydrogen-bond donors (Lipinski definition) is 0. The van der Waals surface area contributed by atoms with Crippen molar-refractivity contribution in [2.45, 2.75) is 0 Å². The quantitative estimate of drug-likeness (QED) is 0.163. The first kappa shape index (κ1) is 32.3. The molecule has 0 aliphatic rings. The van der Waals surface area contributed by atoms with Crippen LogP contribution in [0.4, 0.5) is 34.1 Å². The Labute approximate surface area is 328 Å². The van der Waals surface area contributed by atoms with Crippen LogP contribution in [0.25, 0.3) is 64.0 Å². The molecule has 0 N–H and O–H groups in total. The first-order valence-corrected chi connectivity index (χ1v) is 19.7. The summed E-state index contributed by atoms with van der Waals surface area (Å²) in [5.41, 5.74) is 10.7. The molecule has 11 aromatic rings. The van der Waals surface area contributed by atoms with Crippen LogP contribution in [0.3, 0.4) is 0 Å². The van der Waals surface area contributed by atoms with Crippen molar-refractivity contribution in [3.05, 3.63) is 206 Å². The number of fused-ring (bicyclic) bond motifs is 7. The number of nitrogens with zero attached hydrogens (tertiary/aromatic N) is 2. The van der Waals surface area contributed by atoms with Crippen LogP contribution in [0, 0.1) is 0 Å². The summed E-state index contributed by atoms with van der Waals surface area (Å²) in [5, 5.41) is 7.15. The largest absolute Gasteiger partial charge is 0.456 e. The van der Waals surface area contributed by atoms with Crippen molar-refractivity contribution in [2.24, 2.45) is 0 Å². The number of para-hydroxylation sites is 3. The molecule has 11 rings (SSSR count). The highest BCUT2D eigenvalue weighted by Crippen LogP contribution is 2.52. The number of anilines is 6. The molecule has 3 nitrogen and oxygen atoms in total. The van der Waals surface area contributed by atoms with E-state index in [0.717, 1.165) is 56.1 Å². The fourth-order valence-electron chi connectivity index (χ4n) is 8.21. The summed E-state index contributed by atoms with van der Waals surface area (Å²) >= 11 is 1.86. The average molecular weight is 735 g/mol. The molecule has 0 saturated carbocycles. The normalized spacial score (nSPS) is 11.6. The molecule has 0 amide bonds. The Morgan fingerprint density at radius 1 is 0.357 bits per heavy atom. The van der Waals surface area contributed by atoms with E-state index in [9.17, 15) is 0 Å². The number of benzene rings is 9. The third-order valence-corrected chi connectivity index (χ3v) is 12.0. The van der Waals surface area contributed by atoms with Gasteiger partial charge < -0.3 is 14.2 Å². The SMILES string of the molecule is c1ccc(-c2cccc(N(c3ccccc3)c3ccc(N(c4ccccc4)c4ccc5c(c4)oc4ccccc45)c4sc5cc6ccccc6cc5c34)c2)cc1. The molecule has 56 heavy (non-hydrogen) atoms. The van der Waals surface area contributed by atoms with E-state index in [1.807, 2.05) is 23.5 Å². The van der Waals surface area contributed by atoms with Gasteiger partial charge in [-0.1, -0.05) is 121 Å². The summed E-state index contributed by atoms with van der Waals surface area (Å²) in [4.78, 5) is 4.81. The molecular formula is C52H34N2OS. The average Bonchev–Trinajstić information content (AvgIpc) is 3.83. The Kier molecular flexibility index (Phi) is 7.68. The Morgan fingerprint density at radius 2 is 0.929 bits per heavy atom. The van der Waals surface area contributed by atoms with Gasteiger partial charge in [-0.25, -0.2) is 0 Å². The van der Waals surface area contributed by atoms with Gasteiger partial charge in [0.15, 0.2) is 0 Å². The van der Waals surface area contributed by atoms with Crippen molar-refractivity contribution in [2.75, 3.05) is 9.80 Å². The van der Waals surface area contributed by atoms with Crippen LogP contribution in [0.2, 0.25) is 0 Å². The lowest BCUT2D eigenvalue weighted by Gasteiger charge is -2.30. The molecular weight excluding hydrogens is 701 g/mol. The van der Waals surface area contributed by atoms with Crippen molar-refractivity contribution < 1.29 is 4.42 Å². The smallest absolute Gasteiger partial charge is 0.137 e. The number of rotatable bonds is 7. The van der Waals surface area contributed by atoms with Gasteiger partial charge >= 0.3 is 0 Å². The van der Waals surface area contributed by atoms with Crippen LogP contribution in [-0.2, 0) is 0 Å². The summed E-state index contributed by atoms with van der Waals surface area (Å²) in [6.45, 7) is 0. The zero-order chi connectivity index (χ0) is 37.0. The van der Waals surface area contributed by atoms with Crippen molar-refractivity contribution in [3.63, 3.8) is 0 Å². The van der Waals surface area contributed by atoms with Gasteiger partial charge in [0.05, 0.1) is 16.1 Å². The molecule has 0 unspecified atom stereocenters. The molecule has 9 aromatic carbocycles. The molecule has 2 heterocycles. The van der Waals surface area contributed by atoms with E-state index in [2.05, 4.69) is 204 Å². The van der Waals surface area contributed by atoms with Crippen molar-refractivity contribution in [1.29, 1.82) is 0 Å². The van der Waals surface area contributed by atoms with Crippen LogP contribution in [-0.4, -0.2) is 0 Å². The fraction of sp³-hybridized carbons (Fsp3) is 0. The third-order valence-electron chi connectivity index (χ3n) is 10.8. The number of hydrogen-bond acceptors (Lipinski definition) is 4. The zero-order valence-corrected chi connectivity index (χ0v) is 31.2. The Bertz CT molecular complexity index is 3200. The summed E-state index contributed by atoms with van der Waals surface area (Å²) in [6.07, 6.45) is 0. The van der Waals surface area contributed by atoms with Crippen LogP contribution in [0.1, 0.15) is 0 Å². The molecule has 0 aliphatic heterocycles. The maximum absolute atomic E-state index is 6.45. The van der Waals surface area contributed by atoms with Crippen molar-refractivity contribution in [1.82, 2.24) is 0 Å². The number of furan rings is 1. The van der Waals surface area contributed by atoms with Gasteiger partial charge in [-0.2, -0.15) is 0 Å². The third kappa shape index (κ3) is 5.42. The van der Waals surface area contributed by atoms with Gasteiger partial charge in [-0.05, 0) is 101 Å². The van der Waals surface area contributed by atoms with Gasteiger partial charge in [0, 0.05) is 55.1 Å². The molecule has 0 bridgehead atoms. The maximum atomic E-state index is 6.45. The van der Waals surface area contributed by atoms with Gasteiger partial charge in [0.1, 0.15) is 11.2 Å². The Balaban J connectivity index is 1.20. The minimum atomic E-state index is 0.869. The van der Waals surface area contributed by atoms with Crippen LogP contribution in [0.15, 0.2) is 211 Å². The topological polar surface area (TPSA) is 19.6 Å². The molecule has 0 atom stereocenters. The molecule has 0 spiro atoms. The Morgan fingerprint density at radius 3 is 1.70 bits per heavy atom. The Hall–Kier alpha value is -7.14. The molecule has 264 valence electrons. The van der Waals surface area contributed by atoms with E-state index in [1.165, 1.54) is 42.1 Å². The molecule has 0 radical (unpaired) electrons. The molecule has 0 fully saturated rings. The first-order valence-electron chi connectivity index (χ1n) is 18.9. The predicted molar refractivity (Wildman–Crippen MR) is 239 cm³/mol. The highest BCUT2D eigenvalue weighted by Gasteiger charge is 2.25. The van der Waals surface area contributed by atoms with E-state index in [-0.39, 0.29) is 0 Å². The lowest BCUT2D eigenvalue weighted by molar-refractivity contribution is 0.669. The van der Waals surface area contributed by atoms with Gasteiger partial charge in [0.2, 0.25) is 0 Å². The molecule has 2 aromatic heterocycles. The maximum Gasteiger partial charge on any atom is 0.137 e. The van der Waals surface area contributed by atoms with E-state index >= 15 is 0 Å². The molecule has 0 saturated heterocycles.